The van der Waals surface area contributed by atoms with E-state index in [1.165, 1.54) is 6.33 Å². The largest absolute Gasteiger partial charge is 0.353 e. The van der Waals surface area contributed by atoms with E-state index in [-0.39, 0.29) is 17.3 Å². The average molecular weight is 412 g/mol. The Morgan fingerprint density at radius 3 is 2.33 bits per heavy atom. The molecule has 0 bridgehead atoms. The van der Waals surface area contributed by atoms with Crippen LogP contribution in [0.2, 0.25) is 10.0 Å². The van der Waals surface area contributed by atoms with Crippen LogP contribution in [-0.2, 0) is 0 Å². The molecule has 146 valence electrons. The summed E-state index contributed by atoms with van der Waals surface area (Å²) in [6, 6.07) is 4.85. The van der Waals surface area contributed by atoms with Gasteiger partial charge < -0.3 is 10.2 Å². The van der Waals surface area contributed by atoms with Crippen molar-refractivity contribution in [3.8, 4) is 0 Å². The number of anilines is 3. The molecular weight excluding hydrogens is 389 g/mol. The molecule has 1 aromatic heterocycles. The number of rotatable bonds is 8. The van der Waals surface area contributed by atoms with Gasteiger partial charge in [0.2, 0.25) is 11.6 Å². The fourth-order valence-electron chi connectivity index (χ4n) is 2.71. The van der Waals surface area contributed by atoms with Crippen molar-refractivity contribution in [1.29, 1.82) is 0 Å². The molecule has 0 radical (unpaired) electrons. The predicted molar refractivity (Wildman–Crippen MR) is 110 cm³/mol. The number of nitrogens with zero attached hydrogens (tertiary/aromatic N) is 4. The van der Waals surface area contributed by atoms with E-state index in [1.54, 1.807) is 18.2 Å². The molecule has 1 N–H and O–H groups in total. The number of halogens is 2. The monoisotopic (exact) mass is 411 g/mol. The van der Waals surface area contributed by atoms with E-state index in [9.17, 15) is 10.1 Å². The molecule has 0 atom stereocenters. The van der Waals surface area contributed by atoms with E-state index in [1.807, 2.05) is 4.90 Å². The Morgan fingerprint density at radius 1 is 1.15 bits per heavy atom. The lowest BCUT2D eigenvalue weighted by Gasteiger charge is -2.27. The van der Waals surface area contributed by atoms with E-state index in [0.717, 1.165) is 0 Å². The van der Waals surface area contributed by atoms with Gasteiger partial charge in [-0.2, -0.15) is 0 Å². The van der Waals surface area contributed by atoms with Gasteiger partial charge in [-0.25, -0.2) is 9.97 Å². The number of nitro groups is 1. The third-order valence-electron chi connectivity index (χ3n) is 3.64. The Labute approximate surface area is 168 Å². The topological polar surface area (TPSA) is 84.2 Å². The molecule has 0 spiro atoms. The fourth-order valence-corrected chi connectivity index (χ4v) is 3.05. The standard InChI is InChI=1S/C18H23Cl2N5O2/c1-11(2)8-24(9-12(3)4)18-16(25(26)27)17(21-10-22-18)23-15-7-13(19)5-6-14(15)20/h5-7,10-12H,8-9H2,1-4H3,(H,21,22,23). The van der Waals surface area contributed by atoms with E-state index in [2.05, 4.69) is 43.0 Å². The zero-order chi connectivity index (χ0) is 20.1. The molecular formula is C18H23Cl2N5O2. The van der Waals surface area contributed by atoms with Gasteiger partial charge >= 0.3 is 5.69 Å². The zero-order valence-corrected chi connectivity index (χ0v) is 17.3. The summed E-state index contributed by atoms with van der Waals surface area (Å²) in [5.41, 5.74) is 0.256. The van der Waals surface area contributed by atoms with E-state index >= 15 is 0 Å². The maximum atomic E-state index is 11.9. The lowest BCUT2D eigenvalue weighted by molar-refractivity contribution is -0.383. The molecule has 0 saturated carbocycles. The fraction of sp³-hybridized carbons (Fsp3) is 0.444. The van der Waals surface area contributed by atoms with Crippen molar-refractivity contribution in [2.75, 3.05) is 23.3 Å². The van der Waals surface area contributed by atoms with Crippen molar-refractivity contribution in [2.24, 2.45) is 11.8 Å². The second kappa shape index (κ2) is 9.19. The highest BCUT2D eigenvalue weighted by Gasteiger charge is 2.28. The van der Waals surface area contributed by atoms with Crippen LogP contribution in [0.4, 0.5) is 23.0 Å². The van der Waals surface area contributed by atoms with Gasteiger partial charge in [0.1, 0.15) is 6.33 Å². The van der Waals surface area contributed by atoms with Gasteiger partial charge in [0, 0.05) is 18.1 Å². The molecule has 0 saturated heterocycles. The van der Waals surface area contributed by atoms with Gasteiger partial charge in [-0.05, 0) is 30.0 Å². The highest BCUT2D eigenvalue weighted by Crippen LogP contribution is 2.36. The Kier molecular flexibility index (Phi) is 7.21. The summed E-state index contributed by atoms with van der Waals surface area (Å²) in [5.74, 6) is 0.999. The molecule has 1 heterocycles. The zero-order valence-electron chi connectivity index (χ0n) is 15.7. The molecule has 0 aliphatic rings. The highest BCUT2D eigenvalue weighted by molar-refractivity contribution is 6.35. The molecule has 0 fully saturated rings. The molecule has 2 aromatic rings. The quantitative estimate of drug-likeness (QED) is 0.452. The van der Waals surface area contributed by atoms with Crippen LogP contribution < -0.4 is 10.2 Å². The van der Waals surface area contributed by atoms with Gasteiger partial charge in [-0.1, -0.05) is 50.9 Å². The third kappa shape index (κ3) is 5.68. The number of nitrogens with one attached hydrogen (secondary N) is 1. The first-order valence-electron chi connectivity index (χ1n) is 8.65. The maximum absolute atomic E-state index is 11.9. The van der Waals surface area contributed by atoms with Crippen LogP contribution in [0.3, 0.4) is 0 Å². The molecule has 0 aliphatic heterocycles. The normalized spacial score (nSPS) is 11.1. The molecule has 27 heavy (non-hydrogen) atoms. The first kappa shape index (κ1) is 21.2. The van der Waals surface area contributed by atoms with E-state index < -0.39 is 4.92 Å². The molecule has 0 amide bonds. The van der Waals surface area contributed by atoms with Crippen LogP contribution in [0, 0.1) is 22.0 Å². The minimum absolute atomic E-state index is 0.0756. The van der Waals surface area contributed by atoms with Crippen LogP contribution in [0.1, 0.15) is 27.7 Å². The second-order valence-corrected chi connectivity index (χ2v) is 7.94. The number of hydrogen-bond donors (Lipinski definition) is 1. The molecule has 2 rings (SSSR count). The lowest BCUT2D eigenvalue weighted by Crippen LogP contribution is -2.32. The smallest absolute Gasteiger partial charge is 0.350 e. The van der Waals surface area contributed by atoms with Crippen molar-refractivity contribution in [3.63, 3.8) is 0 Å². The summed E-state index contributed by atoms with van der Waals surface area (Å²) in [5, 5.41) is 15.6. The summed E-state index contributed by atoms with van der Waals surface area (Å²) in [6.45, 7) is 9.54. The second-order valence-electron chi connectivity index (χ2n) is 7.09. The number of benzene rings is 1. The van der Waals surface area contributed by atoms with E-state index in [0.29, 0.717) is 40.7 Å². The Balaban J connectivity index is 2.52. The summed E-state index contributed by atoms with van der Waals surface area (Å²) in [6.07, 6.45) is 1.32. The summed E-state index contributed by atoms with van der Waals surface area (Å²) >= 11 is 12.2. The SMILES string of the molecule is CC(C)CN(CC(C)C)c1ncnc(Nc2cc(Cl)ccc2Cl)c1[N+](=O)[O-]. The van der Waals surface area contributed by atoms with Crippen molar-refractivity contribution in [2.45, 2.75) is 27.7 Å². The van der Waals surface area contributed by atoms with Crippen molar-refractivity contribution >= 4 is 46.2 Å². The Bertz CT molecular complexity index is 804. The molecule has 1 aromatic carbocycles. The van der Waals surface area contributed by atoms with E-state index in [4.69, 9.17) is 23.2 Å². The minimum Gasteiger partial charge on any atom is -0.350 e. The van der Waals surface area contributed by atoms with Crippen LogP contribution in [0.15, 0.2) is 24.5 Å². The Morgan fingerprint density at radius 2 is 1.78 bits per heavy atom. The van der Waals surface area contributed by atoms with Crippen LogP contribution in [-0.4, -0.2) is 28.0 Å². The summed E-state index contributed by atoms with van der Waals surface area (Å²) < 4.78 is 0. The third-order valence-corrected chi connectivity index (χ3v) is 4.20. The van der Waals surface area contributed by atoms with Gasteiger partial charge in [0.15, 0.2) is 0 Å². The minimum atomic E-state index is -0.468. The first-order chi connectivity index (χ1) is 12.7. The summed E-state index contributed by atoms with van der Waals surface area (Å²) in [4.78, 5) is 21.6. The van der Waals surface area contributed by atoms with Crippen LogP contribution >= 0.6 is 23.2 Å². The van der Waals surface area contributed by atoms with Gasteiger partial charge in [-0.3, -0.25) is 10.1 Å². The Hall–Kier alpha value is -2.12. The molecule has 0 unspecified atom stereocenters. The van der Waals surface area contributed by atoms with Crippen molar-refractivity contribution in [3.05, 3.63) is 44.7 Å². The van der Waals surface area contributed by atoms with Gasteiger partial charge in [0.25, 0.3) is 0 Å². The summed E-state index contributed by atoms with van der Waals surface area (Å²) in [7, 11) is 0. The van der Waals surface area contributed by atoms with Crippen molar-refractivity contribution < 1.29 is 4.92 Å². The van der Waals surface area contributed by atoms with Crippen molar-refractivity contribution in [1.82, 2.24) is 9.97 Å². The number of aromatic nitrogens is 2. The van der Waals surface area contributed by atoms with Gasteiger partial charge in [-0.15, -0.1) is 0 Å². The van der Waals surface area contributed by atoms with Crippen LogP contribution in [0.5, 0.6) is 0 Å². The molecule has 7 nitrogen and oxygen atoms in total. The number of hydrogen-bond acceptors (Lipinski definition) is 6. The lowest BCUT2D eigenvalue weighted by atomic mass is 10.1. The highest BCUT2D eigenvalue weighted by atomic mass is 35.5. The molecule has 9 heteroatoms. The predicted octanol–water partition coefficient (Wildman–Crippen LogP) is 5.55. The first-order valence-corrected chi connectivity index (χ1v) is 9.41. The average Bonchev–Trinajstić information content (AvgIpc) is 2.56. The van der Waals surface area contributed by atoms with Crippen LogP contribution in [0.25, 0.3) is 0 Å². The maximum Gasteiger partial charge on any atom is 0.353 e. The van der Waals surface area contributed by atoms with Gasteiger partial charge in [0.05, 0.1) is 15.6 Å². The molecule has 0 aliphatic carbocycles.